The SMILES string of the molecule is CO[C@@]1(c2ccccc2)[C@@H](C)[C@@H]1C=O. The van der Waals surface area contributed by atoms with Crippen molar-refractivity contribution in [2.75, 3.05) is 7.11 Å². The number of aldehydes is 1. The maximum atomic E-state index is 10.8. The molecule has 1 aliphatic carbocycles. The van der Waals surface area contributed by atoms with Crippen molar-refractivity contribution in [3.8, 4) is 0 Å². The summed E-state index contributed by atoms with van der Waals surface area (Å²) in [5.74, 6) is 0.294. The molecule has 1 fully saturated rings. The van der Waals surface area contributed by atoms with Gasteiger partial charge in [-0.3, -0.25) is 0 Å². The number of carbonyl (C=O) groups is 1. The quantitative estimate of drug-likeness (QED) is 0.681. The van der Waals surface area contributed by atoms with Crippen molar-refractivity contribution >= 4 is 6.29 Å². The highest BCUT2D eigenvalue weighted by atomic mass is 16.5. The van der Waals surface area contributed by atoms with Gasteiger partial charge in [0.2, 0.25) is 0 Å². The lowest BCUT2D eigenvalue weighted by molar-refractivity contribution is -0.110. The highest BCUT2D eigenvalue weighted by Crippen LogP contribution is 2.58. The Morgan fingerprint density at radius 2 is 2.00 bits per heavy atom. The van der Waals surface area contributed by atoms with Crippen LogP contribution >= 0.6 is 0 Å². The maximum Gasteiger partial charge on any atom is 0.126 e. The minimum Gasteiger partial charge on any atom is -0.372 e. The smallest absolute Gasteiger partial charge is 0.126 e. The van der Waals surface area contributed by atoms with Gasteiger partial charge < -0.3 is 9.53 Å². The van der Waals surface area contributed by atoms with Crippen LogP contribution in [0.2, 0.25) is 0 Å². The van der Waals surface area contributed by atoms with E-state index in [9.17, 15) is 4.79 Å². The third-order valence-corrected chi connectivity index (χ3v) is 3.31. The molecule has 1 aromatic rings. The summed E-state index contributed by atoms with van der Waals surface area (Å²) in [5, 5.41) is 0. The van der Waals surface area contributed by atoms with Gasteiger partial charge in [0.1, 0.15) is 11.9 Å². The lowest BCUT2D eigenvalue weighted by Gasteiger charge is -2.15. The summed E-state index contributed by atoms with van der Waals surface area (Å²) in [4.78, 5) is 10.8. The second kappa shape index (κ2) is 3.21. The van der Waals surface area contributed by atoms with Crippen molar-refractivity contribution < 1.29 is 9.53 Å². The van der Waals surface area contributed by atoms with E-state index in [-0.39, 0.29) is 17.4 Å². The predicted octanol–water partition coefficient (Wildman–Crippen LogP) is 1.99. The molecule has 0 aromatic heterocycles. The highest BCUT2D eigenvalue weighted by Gasteiger charge is 2.64. The minimum atomic E-state index is -0.358. The van der Waals surface area contributed by atoms with E-state index in [0.29, 0.717) is 0 Å². The first kappa shape index (κ1) is 9.41. The third-order valence-electron chi connectivity index (χ3n) is 3.31. The summed E-state index contributed by atoms with van der Waals surface area (Å²) in [7, 11) is 1.67. The molecule has 0 amide bonds. The summed E-state index contributed by atoms with van der Waals surface area (Å²) in [6.07, 6.45) is 1.00. The average molecular weight is 190 g/mol. The zero-order valence-corrected chi connectivity index (χ0v) is 8.44. The molecular formula is C12H14O2. The highest BCUT2D eigenvalue weighted by molar-refractivity contribution is 5.64. The number of methoxy groups -OCH3 is 1. The Kier molecular flexibility index (Phi) is 2.16. The van der Waals surface area contributed by atoms with Gasteiger partial charge in [0.15, 0.2) is 0 Å². The van der Waals surface area contributed by atoms with Gasteiger partial charge in [0.05, 0.1) is 5.92 Å². The van der Waals surface area contributed by atoms with Crippen LogP contribution in [0.4, 0.5) is 0 Å². The molecule has 0 radical (unpaired) electrons. The lowest BCUT2D eigenvalue weighted by atomic mass is 10.0. The summed E-state index contributed by atoms with van der Waals surface area (Å²) in [5.41, 5.74) is 0.746. The maximum absolute atomic E-state index is 10.8. The van der Waals surface area contributed by atoms with Gasteiger partial charge in [0.25, 0.3) is 0 Å². The van der Waals surface area contributed by atoms with Crippen molar-refractivity contribution in [2.24, 2.45) is 11.8 Å². The van der Waals surface area contributed by atoms with Gasteiger partial charge in [-0.05, 0) is 5.56 Å². The van der Waals surface area contributed by atoms with Crippen LogP contribution in [0.1, 0.15) is 12.5 Å². The molecule has 0 bridgehead atoms. The summed E-state index contributed by atoms with van der Waals surface area (Å²) in [6, 6.07) is 9.95. The number of rotatable bonds is 3. The van der Waals surface area contributed by atoms with Crippen LogP contribution in [0.3, 0.4) is 0 Å². The Morgan fingerprint density at radius 3 is 2.43 bits per heavy atom. The van der Waals surface area contributed by atoms with Gasteiger partial charge >= 0.3 is 0 Å². The molecule has 2 nitrogen and oxygen atoms in total. The molecule has 0 heterocycles. The molecule has 1 aliphatic rings. The summed E-state index contributed by atoms with van der Waals surface area (Å²) >= 11 is 0. The number of ether oxygens (including phenoxy) is 1. The predicted molar refractivity (Wildman–Crippen MR) is 53.8 cm³/mol. The van der Waals surface area contributed by atoms with Crippen molar-refractivity contribution in [1.82, 2.24) is 0 Å². The van der Waals surface area contributed by atoms with Crippen LogP contribution in [0.25, 0.3) is 0 Å². The molecule has 0 aliphatic heterocycles. The van der Waals surface area contributed by atoms with Crippen molar-refractivity contribution in [3.05, 3.63) is 35.9 Å². The van der Waals surface area contributed by atoms with Crippen molar-refractivity contribution in [1.29, 1.82) is 0 Å². The standard InChI is InChI=1S/C12H14O2/c1-9-11(8-13)12(9,14-2)10-6-4-3-5-7-10/h3-9,11H,1-2H3/t9-,11-,12+/m0/s1. The van der Waals surface area contributed by atoms with Crippen LogP contribution in [-0.2, 0) is 15.1 Å². The average Bonchev–Trinajstić information content (AvgIpc) is 2.85. The second-order valence-corrected chi connectivity index (χ2v) is 3.81. The fourth-order valence-corrected chi connectivity index (χ4v) is 2.38. The normalized spacial score (nSPS) is 35.3. The van der Waals surface area contributed by atoms with Gasteiger partial charge in [-0.1, -0.05) is 37.3 Å². The first-order valence-electron chi connectivity index (χ1n) is 4.83. The van der Waals surface area contributed by atoms with Crippen LogP contribution in [-0.4, -0.2) is 13.4 Å². The number of hydrogen-bond acceptors (Lipinski definition) is 2. The number of carbonyl (C=O) groups excluding carboxylic acids is 1. The van der Waals surface area contributed by atoms with Crippen LogP contribution in [0.5, 0.6) is 0 Å². The fraction of sp³-hybridized carbons (Fsp3) is 0.417. The van der Waals surface area contributed by atoms with Crippen LogP contribution in [0, 0.1) is 11.8 Å². The topological polar surface area (TPSA) is 26.3 Å². The van der Waals surface area contributed by atoms with Gasteiger partial charge in [-0.2, -0.15) is 0 Å². The van der Waals surface area contributed by atoms with Gasteiger partial charge in [-0.15, -0.1) is 0 Å². The summed E-state index contributed by atoms with van der Waals surface area (Å²) < 4.78 is 5.52. The fourth-order valence-electron chi connectivity index (χ4n) is 2.38. The molecule has 2 heteroatoms. The van der Waals surface area contributed by atoms with E-state index in [0.717, 1.165) is 11.8 Å². The Hall–Kier alpha value is -1.15. The molecule has 74 valence electrons. The number of benzene rings is 1. The van der Waals surface area contributed by atoms with E-state index in [2.05, 4.69) is 6.92 Å². The third kappa shape index (κ3) is 1.04. The van der Waals surface area contributed by atoms with E-state index in [1.54, 1.807) is 7.11 Å². The Balaban J connectivity index is 2.37. The summed E-state index contributed by atoms with van der Waals surface area (Å²) in [6.45, 7) is 2.05. The largest absolute Gasteiger partial charge is 0.372 e. The van der Waals surface area contributed by atoms with Crippen molar-refractivity contribution in [3.63, 3.8) is 0 Å². The van der Waals surface area contributed by atoms with Gasteiger partial charge in [-0.25, -0.2) is 0 Å². The molecule has 1 saturated carbocycles. The van der Waals surface area contributed by atoms with E-state index in [1.165, 1.54) is 0 Å². The molecule has 0 N–H and O–H groups in total. The van der Waals surface area contributed by atoms with E-state index >= 15 is 0 Å². The number of hydrogen-bond donors (Lipinski definition) is 0. The molecular weight excluding hydrogens is 176 g/mol. The molecule has 2 rings (SSSR count). The van der Waals surface area contributed by atoms with Crippen molar-refractivity contribution in [2.45, 2.75) is 12.5 Å². The zero-order chi connectivity index (χ0) is 10.2. The Labute approximate surface area is 83.9 Å². The molecule has 0 unspecified atom stereocenters. The first-order valence-corrected chi connectivity index (χ1v) is 4.83. The van der Waals surface area contributed by atoms with Crippen LogP contribution in [0.15, 0.2) is 30.3 Å². The lowest BCUT2D eigenvalue weighted by Crippen LogP contribution is -2.14. The Morgan fingerprint density at radius 1 is 1.36 bits per heavy atom. The minimum absolute atomic E-state index is 0.00917. The molecule has 1 aromatic carbocycles. The van der Waals surface area contributed by atoms with E-state index in [4.69, 9.17) is 4.74 Å². The molecule has 14 heavy (non-hydrogen) atoms. The first-order chi connectivity index (χ1) is 6.77. The zero-order valence-electron chi connectivity index (χ0n) is 8.44. The van der Waals surface area contributed by atoms with E-state index < -0.39 is 0 Å². The molecule has 3 atom stereocenters. The monoisotopic (exact) mass is 190 g/mol. The van der Waals surface area contributed by atoms with E-state index in [1.807, 2.05) is 30.3 Å². The Bertz CT molecular complexity index is 333. The molecule has 0 spiro atoms. The second-order valence-electron chi connectivity index (χ2n) is 3.81. The molecule has 0 saturated heterocycles. The van der Waals surface area contributed by atoms with Crippen LogP contribution < -0.4 is 0 Å². The van der Waals surface area contributed by atoms with Gasteiger partial charge in [0, 0.05) is 13.0 Å².